The van der Waals surface area contributed by atoms with Gasteiger partial charge in [-0.15, -0.1) is 0 Å². The second-order valence-corrected chi connectivity index (χ2v) is 4.58. The summed E-state index contributed by atoms with van der Waals surface area (Å²) in [5.41, 5.74) is 2.25. The maximum atomic E-state index is 8.75. The molecule has 0 radical (unpaired) electrons. The van der Waals surface area contributed by atoms with Gasteiger partial charge in [0.15, 0.2) is 0 Å². The van der Waals surface area contributed by atoms with Gasteiger partial charge in [-0.25, -0.2) is 0 Å². The van der Waals surface area contributed by atoms with E-state index in [1.165, 1.54) is 5.56 Å². The lowest BCUT2D eigenvalue weighted by Gasteiger charge is -2.18. The molecule has 0 aliphatic carbocycles. The predicted molar refractivity (Wildman–Crippen MR) is 82.7 cm³/mol. The Bertz CT molecular complexity index is 529. The zero-order chi connectivity index (χ0) is 14.2. The van der Waals surface area contributed by atoms with Crippen molar-refractivity contribution in [1.82, 2.24) is 0 Å². The highest BCUT2D eigenvalue weighted by Gasteiger charge is 2.10. The Kier molecular flexibility index (Phi) is 5.39. The molecule has 2 heteroatoms. The van der Waals surface area contributed by atoms with Gasteiger partial charge in [-0.3, -0.25) is 0 Å². The van der Waals surface area contributed by atoms with Crippen LogP contribution in [-0.2, 0) is 0 Å². The molecule has 0 saturated heterocycles. The molecule has 0 bridgehead atoms. The van der Waals surface area contributed by atoms with E-state index in [1.807, 2.05) is 48.5 Å². The third-order valence-corrected chi connectivity index (χ3v) is 3.12. The fourth-order valence-corrected chi connectivity index (χ4v) is 2.07. The third-order valence-electron chi connectivity index (χ3n) is 3.12. The van der Waals surface area contributed by atoms with Gasteiger partial charge in [0.05, 0.1) is 6.61 Å². The molecular formula is C18H20O2. The molecule has 104 valence electrons. The van der Waals surface area contributed by atoms with Crippen molar-refractivity contribution in [2.75, 3.05) is 6.61 Å². The van der Waals surface area contributed by atoms with Crippen molar-refractivity contribution in [3.8, 4) is 5.75 Å². The predicted octanol–water partition coefficient (Wildman–Crippen LogP) is 4.22. The van der Waals surface area contributed by atoms with E-state index in [0.717, 1.165) is 17.7 Å². The Labute approximate surface area is 120 Å². The molecular weight excluding hydrogens is 248 g/mol. The van der Waals surface area contributed by atoms with Crippen LogP contribution in [0.2, 0.25) is 0 Å². The van der Waals surface area contributed by atoms with Crippen LogP contribution < -0.4 is 4.74 Å². The first-order valence-corrected chi connectivity index (χ1v) is 6.92. The molecule has 0 aliphatic rings. The number of benzene rings is 2. The average molecular weight is 268 g/mol. The van der Waals surface area contributed by atoms with Crippen LogP contribution in [0.15, 0.2) is 60.7 Å². The molecule has 1 atom stereocenters. The molecule has 2 aromatic carbocycles. The SMILES string of the molecule is CCC(Oc1ccc(/C=C/CO)cc1)c1ccccc1. The zero-order valence-electron chi connectivity index (χ0n) is 11.7. The summed E-state index contributed by atoms with van der Waals surface area (Å²) in [5, 5.41) is 8.75. The maximum absolute atomic E-state index is 8.75. The van der Waals surface area contributed by atoms with Gasteiger partial charge < -0.3 is 9.84 Å². The molecule has 20 heavy (non-hydrogen) atoms. The van der Waals surface area contributed by atoms with Gasteiger partial charge in [0.25, 0.3) is 0 Å². The quantitative estimate of drug-likeness (QED) is 0.850. The number of hydrogen-bond donors (Lipinski definition) is 1. The monoisotopic (exact) mass is 268 g/mol. The van der Waals surface area contributed by atoms with Crippen LogP contribution in [0.5, 0.6) is 5.75 Å². The van der Waals surface area contributed by atoms with Gasteiger partial charge >= 0.3 is 0 Å². The summed E-state index contributed by atoms with van der Waals surface area (Å²) in [6.07, 6.45) is 4.61. The van der Waals surface area contributed by atoms with Crippen LogP contribution in [0.4, 0.5) is 0 Å². The summed E-state index contributed by atoms with van der Waals surface area (Å²) in [6.45, 7) is 2.18. The fraction of sp³-hybridized carbons (Fsp3) is 0.222. The van der Waals surface area contributed by atoms with Gasteiger partial charge in [-0.2, -0.15) is 0 Å². The first kappa shape index (κ1) is 14.4. The number of aliphatic hydroxyl groups is 1. The largest absolute Gasteiger partial charge is 0.486 e. The van der Waals surface area contributed by atoms with Gasteiger partial charge in [0.1, 0.15) is 11.9 Å². The van der Waals surface area contributed by atoms with Gasteiger partial charge in [0, 0.05) is 0 Å². The lowest BCUT2D eigenvalue weighted by atomic mass is 10.1. The molecule has 2 aromatic rings. The average Bonchev–Trinajstić information content (AvgIpc) is 2.52. The molecule has 2 nitrogen and oxygen atoms in total. The van der Waals surface area contributed by atoms with Gasteiger partial charge in [-0.1, -0.05) is 61.5 Å². The Morgan fingerprint density at radius 3 is 2.35 bits per heavy atom. The highest BCUT2D eigenvalue weighted by molar-refractivity contribution is 5.50. The molecule has 0 saturated carbocycles. The van der Waals surface area contributed by atoms with Crippen molar-refractivity contribution in [1.29, 1.82) is 0 Å². The van der Waals surface area contributed by atoms with Crippen molar-refractivity contribution in [3.63, 3.8) is 0 Å². The second kappa shape index (κ2) is 7.51. The van der Waals surface area contributed by atoms with E-state index in [0.29, 0.717) is 0 Å². The number of ether oxygens (including phenoxy) is 1. The van der Waals surface area contributed by atoms with Crippen molar-refractivity contribution >= 4 is 6.08 Å². The molecule has 1 unspecified atom stereocenters. The van der Waals surface area contributed by atoms with Crippen LogP contribution in [0.3, 0.4) is 0 Å². The van der Waals surface area contributed by atoms with E-state index in [1.54, 1.807) is 6.08 Å². The van der Waals surface area contributed by atoms with Crippen LogP contribution in [0.1, 0.15) is 30.6 Å². The molecule has 2 rings (SSSR count). The first-order valence-electron chi connectivity index (χ1n) is 6.92. The molecule has 0 amide bonds. The minimum atomic E-state index is 0.0597. The zero-order valence-corrected chi connectivity index (χ0v) is 11.7. The summed E-state index contributed by atoms with van der Waals surface area (Å²) in [7, 11) is 0. The number of hydrogen-bond acceptors (Lipinski definition) is 2. The van der Waals surface area contributed by atoms with Crippen LogP contribution in [0, 0.1) is 0 Å². The molecule has 0 spiro atoms. The van der Waals surface area contributed by atoms with Gasteiger partial charge in [0.2, 0.25) is 0 Å². The smallest absolute Gasteiger partial charge is 0.123 e. The summed E-state index contributed by atoms with van der Waals surface area (Å²) in [4.78, 5) is 0. The normalized spacial score (nSPS) is 12.5. The van der Waals surface area contributed by atoms with Crippen LogP contribution in [0.25, 0.3) is 6.08 Å². The fourth-order valence-electron chi connectivity index (χ4n) is 2.07. The summed E-state index contributed by atoms with van der Waals surface area (Å²) < 4.78 is 6.04. The topological polar surface area (TPSA) is 29.5 Å². The number of rotatable bonds is 6. The molecule has 0 aromatic heterocycles. The highest BCUT2D eigenvalue weighted by atomic mass is 16.5. The summed E-state index contributed by atoms with van der Waals surface area (Å²) in [5.74, 6) is 0.863. The second-order valence-electron chi connectivity index (χ2n) is 4.58. The Morgan fingerprint density at radius 1 is 1.05 bits per heavy atom. The Hall–Kier alpha value is -2.06. The van der Waals surface area contributed by atoms with E-state index in [9.17, 15) is 0 Å². The summed E-state index contributed by atoms with van der Waals surface area (Å²) >= 11 is 0. The maximum Gasteiger partial charge on any atom is 0.123 e. The molecule has 0 fully saturated rings. The standard InChI is InChI=1S/C18H20O2/c1-2-18(16-8-4-3-5-9-16)20-17-12-10-15(11-13-17)7-6-14-19/h3-13,18-19H,2,14H2,1H3/b7-6+. The highest BCUT2D eigenvalue weighted by Crippen LogP contribution is 2.24. The molecule has 1 N–H and O–H groups in total. The Morgan fingerprint density at radius 2 is 1.75 bits per heavy atom. The lowest BCUT2D eigenvalue weighted by molar-refractivity contribution is 0.201. The summed E-state index contributed by atoms with van der Waals surface area (Å²) in [6, 6.07) is 18.1. The van der Waals surface area contributed by atoms with Crippen molar-refractivity contribution in [2.45, 2.75) is 19.4 Å². The molecule has 0 heterocycles. The minimum Gasteiger partial charge on any atom is -0.486 e. The lowest BCUT2D eigenvalue weighted by Crippen LogP contribution is -2.06. The van der Waals surface area contributed by atoms with E-state index in [2.05, 4.69) is 19.1 Å². The van der Waals surface area contributed by atoms with Crippen molar-refractivity contribution in [2.24, 2.45) is 0 Å². The third kappa shape index (κ3) is 3.97. The Balaban J connectivity index is 2.06. The van der Waals surface area contributed by atoms with Crippen LogP contribution in [-0.4, -0.2) is 11.7 Å². The van der Waals surface area contributed by atoms with Gasteiger partial charge in [-0.05, 0) is 29.7 Å². The minimum absolute atomic E-state index is 0.0597. The molecule has 0 aliphatic heterocycles. The van der Waals surface area contributed by atoms with E-state index < -0.39 is 0 Å². The van der Waals surface area contributed by atoms with Crippen molar-refractivity contribution in [3.05, 3.63) is 71.8 Å². The number of aliphatic hydroxyl groups excluding tert-OH is 1. The van der Waals surface area contributed by atoms with E-state index >= 15 is 0 Å². The first-order chi connectivity index (χ1) is 9.83. The van der Waals surface area contributed by atoms with E-state index in [4.69, 9.17) is 9.84 Å². The van der Waals surface area contributed by atoms with Crippen LogP contribution >= 0.6 is 0 Å². The van der Waals surface area contributed by atoms with E-state index in [-0.39, 0.29) is 12.7 Å². The van der Waals surface area contributed by atoms with Crippen molar-refractivity contribution < 1.29 is 9.84 Å².